The van der Waals surface area contributed by atoms with Crippen molar-refractivity contribution in [2.75, 3.05) is 25.6 Å². The predicted octanol–water partition coefficient (Wildman–Crippen LogP) is 4.43. The van der Waals surface area contributed by atoms with Gasteiger partial charge in [-0.1, -0.05) is 47.5 Å². The second-order valence-electron chi connectivity index (χ2n) is 5.25. The Bertz CT molecular complexity index is 672. The molecule has 0 heterocycles. The molecule has 0 fully saturated rings. The zero-order valence-electron chi connectivity index (χ0n) is 13.4. The number of para-hydroxylation sites is 2. The van der Waals surface area contributed by atoms with Crippen molar-refractivity contribution in [2.24, 2.45) is 0 Å². The van der Waals surface area contributed by atoms with Gasteiger partial charge in [0.2, 0.25) is 5.91 Å². The fraction of sp³-hybridized carbons (Fsp3) is 0.278. The summed E-state index contributed by atoms with van der Waals surface area (Å²) >= 11 is 12.4. The van der Waals surface area contributed by atoms with Crippen LogP contribution in [0.5, 0.6) is 0 Å². The number of rotatable bonds is 8. The number of hydrogen-bond acceptors (Lipinski definition) is 3. The molecule has 0 aromatic heterocycles. The van der Waals surface area contributed by atoms with Crippen LogP contribution in [-0.4, -0.2) is 26.2 Å². The summed E-state index contributed by atoms with van der Waals surface area (Å²) in [6, 6.07) is 12.9. The third-order valence-corrected chi connectivity index (χ3v) is 4.07. The predicted molar refractivity (Wildman–Crippen MR) is 99.4 cm³/mol. The fourth-order valence-electron chi connectivity index (χ4n) is 2.23. The largest absolute Gasteiger partial charge is 0.385 e. The molecule has 2 aromatic carbocycles. The number of anilines is 2. The van der Waals surface area contributed by atoms with Gasteiger partial charge in [0.25, 0.3) is 0 Å². The summed E-state index contributed by atoms with van der Waals surface area (Å²) in [6.45, 7) is 1.22. The van der Waals surface area contributed by atoms with Crippen molar-refractivity contribution in [2.45, 2.75) is 12.8 Å². The molecule has 0 aliphatic carbocycles. The molecule has 0 aliphatic heterocycles. The molecule has 0 aliphatic rings. The molecule has 0 saturated heterocycles. The zero-order valence-corrected chi connectivity index (χ0v) is 15.0. The van der Waals surface area contributed by atoms with Crippen LogP contribution < -0.4 is 10.6 Å². The lowest BCUT2D eigenvalue weighted by Crippen LogP contribution is -2.27. The van der Waals surface area contributed by atoms with Gasteiger partial charge in [-0.2, -0.15) is 0 Å². The van der Waals surface area contributed by atoms with Crippen LogP contribution in [-0.2, 0) is 16.0 Å². The molecule has 0 bridgehead atoms. The van der Waals surface area contributed by atoms with Crippen LogP contribution in [0, 0.1) is 0 Å². The maximum Gasteiger partial charge on any atom is 0.224 e. The Morgan fingerprint density at radius 3 is 2.50 bits per heavy atom. The van der Waals surface area contributed by atoms with Crippen LogP contribution in [0.1, 0.15) is 12.0 Å². The minimum absolute atomic E-state index is 0.0365. The lowest BCUT2D eigenvalue weighted by Gasteiger charge is -2.14. The van der Waals surface area contributed by atoms with Gasteiger partial charge in [0.05, 0.1) is 22.2 Å². The van der Waals surface area contributed by atoms with E-state index >= 15 is 0 Å². The topological polar surface area (TPSA) is 50.4 Å². The standard InChI is InChI=1S/C18H20Cl2N2O2/c1-24-11-5-10-21-17(23)12-13-6-2-3-9-16(13)22-18-14(19)7-4-8-15(18)20/h2-4,6-9,22H,5,10-12H2,1H3,(H,21,23). The first-order valence-corrected chi connectivity index (χ1v) is 8.42. The Labute approximate surface area is 152 Å². The van der Waals surface area contributed by atoms with Crippen molar-refractivity contribution >= 4 is 40.5 Å². The van der Waals surface area contributed by atoms with Crippen molar-refractivity contribution in [3.8, 4) is 0 Å². The first kappa shape index (κ1) is 18.6. The Hall–Kier alpha value is -1.75. The molecule has 6 heteroatoms. The van der Waals surface area contributed by atoms with Crippen LogP contribution in [0.15, 0.2) is 42.5 Å². The highest BCUT2D eigenvalue weighted by atomic mass is 35.5. The number of benzene rings is 2. The van der Waals surface area contributed by atoms with Crippen LogP contribution in [0.3, 0.4) is 0 Å². The van der Waals surface area contributed by atoms with E-state index in [9.17, 15) is 4.79 Å². The normalized spacial score (nSPS) is 10.5. The monoisotopic (exact) mass is 366 g/mol. The van der Waals surface area contributed by atoms with Crippen LogP contribution in [0.4, 0.5) is 11.4 Å². The number of ether oxygens (including phenoxy) is 1. The van der Waals surface area contributed by atoms with E-state index in [0.717, 1.165) is 17.7 Å². The quantitative estimate of drug-likeness (QED) is 0.679. The Kier molecular flexibility index (Phi) is 7.37. The van der Waals surface area contributed by atoms with Crippen molar-refractivity contribution in [1.82, 2.24) is 5.32 Å². The minimum atomic E-state index is -0.0365. The third-order valence-electron chi connectivity index (χ3n) is 3.44. The molecule has 128 valence electrons. The van der Waals surface area contributed by atoms with Gasteiger partial charge in [-0.15, -0.1) is 0 Å². The summed E-state index contributed by atoms with van der Waals surface area (Å²) in [5.41, 5.74) is 2.31. The number of hydrogen-bond donors (Lipinski definition) is 2. The molecule has 0 spiro atoms. The SMILES string of the molecule is COCCCNC(=O)Cc1ccccc1Nc1c(Cl)cccc1Cl. The molecule has 4 nitrogen and oxygen atoms in total. The molecular formula is C18H20Cl2N2O2. The van der Waals surface area contributed by atoms with E-state index in [-0.39, 0.29) is 12.3 Å². The number of carbonyl (C=O) groups is 1. The number of methoxy groups -OCH3 is 1. The maximum absolute atomic E-state index is 12.1. The van der Waals surface area contributed by atoms with Gasteiger partial charge in [-0.05, 0) is 30.2 Å². The summed E-state index contributed by atoms with van der Waals surface area (Å²) in [7, 11) is 1.64. The van der Waals surface area contributed by atoms with E-state index < -0.39 is 0 Å². The lowest BCUT2D eigenvalue weighted by molar-refractivity contribution is -0.120. The third kappa shape index (κ3) is 5.41. The van der Waals surface area contributed by atoms with Crippen molar-refractivity contribution in [3.63, 3.8) is 0 Å². The average Bonchev–Trinajstić information content (AvgIpc) is 2.56. The first-order chi connectivity index (χ1) is 11.6. The number of nitrogens with one attached hydrogen (secondary N) is 2. The van der Waals surface area contributed by atoms with E-state index in [1.54, 1.807) is 25.3 Å². The summed E-state index contributed by atoms with van der Waals surface area (Å²) < 4.78 is 4.96. The molecule has 0 atom stereocenters. The molecule has 0 saturated carbocycles. The van der Waals surface area contributed by atoms with Crippen LogP contribution in [0.25, 0.3) is 0 Å². The Morgan fingerprint density at radius 2 is 1.79 bits per heavy atom. The molecule has 0 radical (unpaired) electrons. The second kappa shape index (κ2) is 9.52. The average molecular weight is 367 g/mol. The van der Waals surface area contributed by atoms with Crippen LogP contribution >= 0.6 is 23.2 Å². The van der Waals surface area contributed by atoms with Crippen LogP contribution in [0.2, 0.25) is 10.0 Å². The zero-order chi connectivity index (χ0) is 17.4. The minimum Gasteiger partial charge on any atom is -0.385 e. The molecule has 2 N–H and O–H groups in total. The van der Waals surface area contributed by atoms with Gasteiger partial charge in [0.15, 0.2) is 0 Å². The van der Waals surface area contributed by atoms with E-state index in [0.29, 0.717) is 28.9 Å². The van der Waals surface area contributed by atoms with Crippen molar-refractivity contribution < 1.29 is 9.53 Å². The van der Waals surface area contributed by atoms with E-state index in [1.807, 2.05) is 24.3 Å². The molecule has 2 aromatic rings. The lowest BCUT2D eigenvalue weighted by atomic mass is 10.1. The molecule has 2 rings (SSSR count). The fourth-order valence-corrected chi connectivity index (χ4v) is 2.72. The molecule has 1 amide bonds. The van der Waals surface area contributed by atoms with Gasteiger partial charge < -0.3 is 15.4 Å². The van der Waals surface area contributed by atoms with Gasteiger partial charge in [-0.3, -0.25) is 4.79 Å². The number of amides is 1. The van der Waals surface area contributed by atoms with E-state index in [4.69, 9.17) is 27.9 Å². The smallest absolute Gasteiger partial charge is 0.224 e. The highest BCUT2D eigenvalue weighted by molar-refractivity contribution is 6.39. The second-order valence-corrected chi connectivity index (χ2v) is 6.07. The summed E-state index contributed by atoms with van der Waals surface area (Å²) in [6.07, 6.45) is 1.07. The van der Waals surface area contributed by atoms with E-state index in [1.165, 1.54) is 0 Å². The molecule has 0 unspecified atom stereocenters. The highest BCUT2D eigenvalue weighted by Gasteiger charge is 2.11. The number of halogens is 2. The first-order valence-electron chi connectivity index (χ1n) is 7.66. The summed E-state index contributed by atoms with van der Waals surface area (Å²) in [4.78, 5) is 12.1. The van der Waals surface area contributed by atoms with Gasteiger partial charge in [0.1, 0.15) is 0 Å². The summed E-state index contributed by atoms with van der Waals surface area (Å²) in [5.74, 6) is -0.0365. The van der Waals surface area contributed by atoms with Gasteiger partial charge in [-0.25, -0.2) is 0 Å². The Balaban J connectivity index is 2.06. The highest BCUT2D eigenvalue weighted by Crippen LogP contribution is 2.33. The summed E-state index contributed by atoms with van der Waals surface area (Å²) in [5, 5.41) is 7.17. The molecule has 24 heavy (non-hydrogen) atoms. The number of carbonyl (C=O) groups excluding carboxylic acids is 1. The van der Waals surface area contributed by atoms with Crippen molar-refractivity contribution in [1.29, 1.82) is 0 Å². The maximum atomic E-state index is 12.1. The van der Waals surface area contributed by atoms with Crippen molar-refractivity contribution in [3.05, 3.63) is 58.1 Å². The molecular weight excluding hydrogens is 347 g/mol. The van der Waals surface area contributed by atoms with Gasteiger partial charge in [0, 0.05) is 25.9 Å². The van der Waals surface area contributed by atoms with E-state index in [2.05, 4.69) is 10.6 Å². The van der Waals surface area contributed by atoms with Gasteiger partial charge >= 0.3 is 0 Å². The Morgan fingerprint density at radius 1 is 1.08 bits per heavy atom.